The molecule has 3 aromatic rings. The van der Waals surface area contributed by atoms with Gasteiger partial charge in [-0.15, -0.1) is 0 Å². The van der Waals surface area contributed by atoms with Gasteiger partial charge in [0, 0.05) is 42.7 Å². The van der Waals surface area contributed by atoms with Gasteiger partial charge < -0.3 is 24.7 Å². The number of benzene rings is 2. The first-order chi connectivity index (χ1) is 16.4. The van der Waals surface area contributed by atoms with Crippen LogP contribution >= 0.6 is 0 Å². The van der Waals surface area contributed by atoms with Crippen molar-refractivity contribution in [2.45, 2.75) is 57.2 Å². The van der Waals surface area contributed by atoms with Crippen LogP contribution < -0.4 is 20.1 Å². The standard InChI is InChI=1S/C27H33N3O4/c1-19(18-30-15-12-21-6-4-5-7-22(21)30)28-25(31)10-13-27(14-11-26(32)29-27)17-20-8-9-23(33-2)24(16-20)34-3/h4-9,12,15-16,19H,10-11,13-14,17-18H2,1-3H3,(H,28,31)(H,29,32)/t19-,27-/m1/s1. The van der Waals surface area contributed by atoms with Gasteiger partial charge in [-0.05, 0) is 61.4 Å². The number of hydrogen-bond donors (Lipinski definition) is 2. The summed E-state index contributed by atoms with van der Waals surface area (Å²) in [6, 6.07) is 16.1. The fourth-order valence-electron chi connectivity index (χ4n) is 4.90. The molecule has 0 aliphatic carbocycles. The van der Waals surface area contributed by atoms with Crippen LogP contribution in [0.15, 0.2) is 54.7 Å². The van der Waals surface area contributed by atoms with Crippen LogP contribution in [0.25, 0.3) is 10.9 Å². The lowest BCUT2D eigenvalue weighted by Crippen LogP contribution is -2.45. The average molecular weight is 464 g/mol. The maximum absolute atomic E-state index is 12.8. The molecule has 1 aromatic heterocycles. The number of aromatic nitrogens is 1. The fraction of sp³-hybridized carbons (Fsp3) is 0.407. The number of carbonyl (C=O) groups excluding carboxylic acids is 2. The number of nitrogens with one attached hydrogen (secondary N) is 2. The van der Waals surface area contributed by atoms with Gasteiger partial charge in [0.25, 0.3) is 0 Å². The number of nitrogens with zero attached hydrogens (tertiary/aromatic N) is 1. The molecule has 2 amide bonds. The molecule has 0 bridgehead atoms. The lowest BCUT2D eigenvalue weighted by atomic mass is 9.84. The summed E-state index contributed by atoms with van der Waals surface area (Å²) in [6.07, 6.45) is 4.81. The van der Waals surface area contributed by atoms with Crippen molar-refractivity contribution < 1.29 is 19.1 Å². The third-order valence-electron chi connectivity index (χ3n) is 6.61. The predicted molar refractivity (Wildman–Crippen MR) is 132 cm³/mol. The zero-order valence-electron chi connectivity index (χ0n) is 20.1. The van der Waals surface area contributed by atoms with E-state index in [0.717, 1.165) is 11.1 Å². The summed E-state index contributed by atoms with van der Waals surface area (Å²) in [7, 11) is 3.21. The number of para-hydroxylation sites is 1. The van der Waals surface area contributed by atoms with Crippen LogP contribution in [0.3, 0.4) is 0 Å². The van der Waals surface area contributed by atoms with Crippen molar-refractivity contribution >= 4 is 22.7 Å². The summed E-state index contributed by atoms with van der Waals surface area (Å²) < 4.78 is 12.9. The van der Waals surface area contributed by atoms with Crippen LogP contribution in [0.1, 0.15) is 38.2 Å². The van der Waals surface area contributed by atoms with Crippen molar-refractivity contribution in [1.82, 2.24) is 15.2 Å². The van der Waals surface area contributed by atoms with Crippen LogP contribution in [0.2, 0.25) is 0 Å². The normalized spacial score (nSPS) is 18.5. The largest absolute Gasteiger partial charge is 0.493 e. The second kappa shape index (κ2) is 10.2. The van der Waals surface area contributed by atoms with Gasteiger partial charge in [-0.25, -0.2) is 0 Å². The van der Waals surface area contributed by atoms with Crippen molar-refractivity contribution in [2.24, 2.45) is 0 Å². The lowest BCUT2D eigenvalue weighted by molar-refractivity contribution is -0.123. The first-order valence-corrected chi connectivity index (χ1v) is 11.8. The van der Waals surface area contributed by atoms with Crippen LogP contribution in [0, 0.1) is 0 Å². The Balaban J connectivity index is 1.37. The SMILES string of the molecule is COc1ccc(C[C@@]2(CCC(=O)N[C@H](C)Cn3ccc4ccccc43)CCC(=O)N2)cc1OC. The molecule has 1 saturated heterocycles. The Morgan fingerprint density at radius 1 is 1.15 bits per heavy atom. The van der Waals surface area contributed by atoms with Crippen molar-refractivity contribution in [2.75, 3.05) is 14.2 Å². The number of rotatable bonds is 10. The molecule has 1 aliphatic rings. The van der Waals surface area contributed by atoms with Crippen molar-refractivity contribution in [1.29, 1.82) is 0 Å². The summed E-state index contributed by atoms with van der Waals surface area (Å²) >= 11 is 0. The molecule has 1 aliphatic heterocycles. The highest BCUT2D eigenvalue weighted by molar-refractivity contribution is 5.81. The molecule has 0 radical (unpaired) electrons. The van der Waals surface area contributed by atoms with Crippen LogP contribution in [0.5, 0.6) is 11.5 Å². The summed E-state index contributed by atoms with van der Waals surface area (Å²) in [4.78, 5) is 24.9. The number of hydrogen-bond acceptors (Lipinski definition) is 4. The molecule has 7 nitrogen and oxygen atoms in total. The predicted octanol–water partition coefficient (Wildman–Crippen LogP) is 3.83. The van der Waals surface area contributed by atoms with E-state index in [9.17, 15) is 9.59 Å². The summed E-state index contributed by atoms with van der Waals surface area (Å²) in [5.41, 5.74) is 1.76. The quantitative estimate of drug-likeness (QED) is 0.479. The fourth-order valence-corrected chi connectivity index (χ4v) is 4.90. The van der Waals surface area contributed by atoms with Crippen LogP contribution in [-0.2, 0) is 22.6 Å². The molecule has 0 unspecified atom stereocenters. The summed E-state index contributed by atoms with van der Waals surface area (Å²) in [6.45, 7) is 2.72. The molecule has 2 heterocycles. The first kappa shape index (κ1) is 23.7. The van der Waals surface area contributed by atoms with E-state index in [2.05, 4.69) is 39.6 Å². The van der Waals surface area contributed by atoms with E-state index in [-0.39, 0.29) is 17.9 Å². The highest BCUT2D eigenvalue weighted by Crippen LogP contribution is 2.33. The highest BCUT2D eigenvalue weighted by Gasteiger charge is 2.38. The molecule has 4 rings (SSSR count). The topological polar surface area (TPSA) is 81.6 Å². The Morgan fingerprint density at radius 2 is 1.94 bits per heavy atom. The zero-order valence-corrected chi connectivity index (χ0v) is 20.1. The molecule has 7 heteroatoms. The van der Waals surface area contributed by atoms with E-state index in [1.165, 1.54) is 5.39 Å². The average Bonchev–Trinajstić information content (AvgIpc) is 3.41. The molecule has 2 N–H and O–H groups in total. The van der Waals surface area contributed by atoms with E-state index in [1.54, 1.807) is 14.2 Å². The maximum atomic E-state index is 12.8. The van der Waals surface area contributed by atoms with Crippen molar-refractivity contribution in [3.05, 3.63) is 60.3 Å². The number of ether oxygens (including phenoxy) is 2. The summed E-state index contributed by atoms with van der Waals surface area (Å²) in [5, 5.41) is 7.47. The van der Waals surface area contributed by atoms with Gasteiger partial charge >= 0.3 is 0 Å². The third kappa shape index (κ3) is 5.35. The van der Waals surface area contributed by atoms with Crippen LogP contribution in [-0.4, -0.2) is 42.2 Å². The van der Waals surface area contributed by atoms with Crippen molar-refractivity contribution in [3.63, 3.8) is 0 Å². The lowest BCUT2D eigenvalue weighted by Gasteiger charge is -2.30. The van der Waals surface area contributed by atoms with Gasteiger partial charge in [-0.1, -0.05) is 24.3 Å². The van der Waals surface area contributed by atoms with Gasteiger partial charge in [0.15, 0.2) is 11.5 Å². The number of amides is 2. The molecule has 2 atom stereocenters. The zero-order chi connectivity index (χ0) is 24.1. The minimum Gasteiger partial charge on any atom is -0.493 e. The van der Waals surface area contributed by atoms with E-state index in [0.29, 0.717) is 50.1 Å². The first-order valence-electron chi connectivity index (χ1n) is 11.8. The summed E-state index contributed by atoms with van der Waals surface area (Å²) in [5.74, 6) is 1.36. The van der Waals surface area contributed by atoms with Gasteiger partial charge in [-0.3, -0.25) is 9.59 Å². The highest BCUT2D eigenvalue weighted by atomic mass is 16.5. The van der Waals surface area contributed by atoms with Gasteiger partial charge in [0.2, 0.25) is 11.8 Å². The minimum atomic E-state index is -0.437. The smallest absolute Gasteiger partial charge is 0.220 e. The molecular weight excluding hydrogens is 430 g/mol. The van der Waals surface area contributed by atoms with Gasteiger partial charge in [0.1, 0.15) is 0 Å². The van der Waals surface area contributed by atoms with E-state index >= 15 is 0 Å². The van der Waals surface area contributed by atoms with Crippen molar-refractivity contribution in [3.8, 4) is 11.5 Å². The monoisotopic (exact) mass is 463 g/mol. The van der Waals surface area contributed by atoms with E-state index in [1.807, 2.05) is 37.3 Å². The van der Waals surface area contributed by atoms with Gasteiger partial charge in [-0.2, -0.15) is 0 Å². The Bertz CT molecular complexity index is 1170. The second-order valence-corrected chi connectivity index (χ2v) is 9.19. The van der Waals surface area contributed by atoms with Crippen LogP contribution in [0.4, 0.5) is 0 Å². The Morgan fingerprint density at radius 3 is 2.68 bits per heavy atom. The molecule has 34 heavy (non-hydrogen) atoms. The molecule has 1 fully saturated rings. The molecule has 0 spiro atoms. The van der Waals surface area contributed by atoms with E-state index in [4.69, 9.17) is 9.47 Å². The number of fused-ring (bicyclic) bond motifs is 1. The molecular formula is C27H33N3O4. The molecule has 2 aromatic carbocycles. The van der Waals surface area contributed by atoms with Gasteiger partial charge in [0.05, 0.1) is 14.2 Å². The second-order valence-electron chi connectivity index (χ2n) is 9.19. The Hall–Kier alpha value is -3.48. The Kier molecular flexibility index (Phi) is 7.10. The van der Waals surface area contributed by atoms with E-state index < -0.39 is 5.54 Å². The number of methoxy groups -OCH3 is 2. The Labute approximate surface area is 200 Å². The minimum absolute atomic E-state index is 0.00297. The number of carbonyl (C=O) groups is 2. The third-order valence-corrected chi connectivity index (χ3v) is 6.61. The molecule has 0 saturated carbocycles. The maximum Gasteiger partial charge on any atom is 0.220 e. The molecule has 180 valence electrons.